The lowest BCUT2D eigenvalue weighted by Gasteiger charge is -2.26. The molecule has 0 bridgehead atoms. The molecule has 0 spiro atoms. The van der Waals surface area contributed by atoms with Crippen LogP contribution in [-0.4, -0.2) is 33.6 Å². The fourth-order valence-electron chi connectivity index (χ4n) is 4.33. The average molecular weight is 402 g/mol. The summed E-state index contributed by atoms with van der Waals surface area (Å²) in [4.78, 5) is 28.5. The predicted molar refractivity (Wildman–Crippen MR) is 115 cm³/mol. The molecule has 3 aromatic rings. The van der Waals surface area contributed by atoms with E-state index in [1.165, 1.54) is 18.4 Å². The van der Waals surface area contributed by atoms with Crippen LogP contribution in [-0.2, 0) is 20.0 Å². The van der Waals surface area contributed by atoms with Crippen LogP contribution in [0.25, 0.3) is 10.9 Å². The Morgan fingerprint density at radius 1 is 1.20 bits per heavy atom. The first-order valence-corrected chi connectivity index (χ1v) is 10.4. The van der Waals surface area contributed by atoms with Crippen molar-refractivity contribution in [1.29, 1.82) is 0 Å². The highest BCUT2D eigenvalue weighted by atomic mass is 16.5. The lowest BCUT2D eigenvalue weighted by Crippen LogP contribution is -2.34. The zero-order chi connectivity index (χ0) is 20.2. The normalized spacial score (nSPS) is 18.4. The molecule has 8 nitrogen and oxygen atoms in total. The molecule has 152 valence electrons. The van der Waals surface area contributed by atoms with Crippen LogP contribution >= 0.6 is 0 Å². The molecule has 1 fully saturated rings. The zero-order valence-corrected chi connectivity index (χ0v) is 16.8. The van der Waals surface area contributed by atoms with Gasteiger partial charge in [-0.1, -0.05) is 12.1 Å². The second-order valence-electron chi connectivity index (χ2n) is 8.18. The number of para-hydroxylation sites is 1. The molecular weight excluding hydrogens is 380 g/mol. The van der Waals surface area contributed by atoms with Gasteiger partial charge in [-0.05, 0) is 42.5 Å². The minimum absolute atomic E-state index is 0.283. The maximum atomic E-state index is 12.2. The van der Waals surface area contributed by atoms with Crippen LogP contribution in [0.2, 0.25) is 0 Å². The van der Waals surface area contributed by atoms with Gasteiger partial charge in [-0.25, -0.2) is 14.5 Å². The Bertz CT molecular complexity index is 1280. The van der Waals surface area contributed by atoms with Crippen molar-refractivity contribution < 1.29 is 4.52 Å². The number of nitrogens with one attached hydrogen (secondary N) is 1. The molecule has 2 aromatic heterocycles. The Morgan fingerprint density at radius 3 is 2.93 bits per heavy atom. The van der Waals surface area contributed by atoms with E-state index in [1.54, 1.807) is 11.8 Å². The molecule has 0 amide bonds. The molecule has 0 saturated heterocycles. The van der Waals surface area contributed by atoms with Gasteiger partial charge in [-0.15, -0.1) is 0 Å². The highest BCUT2D eigenvalue weighted by molar-refractivity contribution is 6.09. The van der Waals surface area contributed by atoms with Crippen molar-refractivity contribution in [2.75, 3.05) is 23.3 Å². The monoisotopic (exact) mass is 402 g/mol. The van der Waals surface area contributed by atoms with Crippen molar-refractivity contribution in [3.05, 3.63) is 57.6 Å². The van der Waals surface area contributed by atoms with Gasteiger partial charge in [0.2, 0.25) is 5.95 Å². The van der Waals surface area contributed by atoms with Crippen LogP contribution in [0.3, 0.4) is 0 Å². The van der Waals surface area contributed by atoms with Crippen LogP contribution in [0, 0.1) is 5.92 Å². The van der Waals surface area contributed by atoms with E-state index in [0.29, 0.717) is 24.0 Å². The van der Waals surface area contributed by atoms with Crippen LogP contribution in [0.4, 0.5) is 11.8 Å². The molecule has 1 N–H and O–H groups in total. The molecule has 30 heavy (non-hydrogen) atoms. The Hall–Kier alpha value is -3.42. The van der Waals surface area contributed by atoms with Gasteiger partial charge in [-0.3, -0.25) is 4.99 Å². The molecule has 1 aromatic carbocycles. The lowest BCUT2D eigenvalue weighted by molar-refractivity contribution is 0.277. The van der Waals surface area contributed by atoms with E-state index in [0.717, 1.165) is 47.8 Å². The maximum Gasteiger partial charge on any atom is 0.362 e. The SMILES string of the molecule is Cn1oc(=O)c2c1CCN(c1nc(NC3=NCC(C4CC4)=C3)c3ccccc3n1)C2. The van der Waals surface area contributed by atoms with Crippen LogP contribution < -0.4 is 15.8 Å². The van der Waals surface area contributed by atoms with E-state index in [1.807, 2.05) is 29.2 Å². The third kappa shape index (κ3) is 2.91. The topological polar surface area (TPSA) is 88.5 Å². The van der Waals surface area contributed by atoms with Crippen molar-refractivity contribution >= 4 is 28.5 Å². The summed E-state index contributed by atoms with van der Waals surface area (Å²) in [6, 6.07) is 7.96. The quantitative estimate of drug-likeness (QED) is 0.725. The number of aromatic nitrogens is 3. The molecule has 0 radical (unpaired) electrons. The van der Waals surface area contributed by atoms with Crippen molar-refractivity contribution in [3.8, 4) is 0 Å². The van der Waals surface area contributed by atoms with Gasteiger partial charge < -0.3 is 14.7 Å². The van der Waals surface area contributed by atoms with Gasteiger partial charge in [0.25, 0.3) is 0 Å². The molecule has 6 rings (SSSR count). The Kier molecular flexibility index (Phi) is 3.81. The third-order valence-electron chi connectivity index (χ3n) is 6.14. The van der Waals surface area contributed by atoms with E-state index in [2.05, 4.69) is 16.4 Å². The summed E-state index contributed by atoms with van der Waals surface area (Å²) in [7, 11) is 1.77. The molecule has 8 heteroatoms. The molecule has 0 unspecified atom stereocenters. The lowest BCUT2D eigenvalue weighted by atomic mass is 10.1. The number of fused-ring (bicyclic) bond motifs is 2. The highest BCUT2D eigenvalue weighted by Crippen LogP contribution is 2.38. The molecule has 0 atom stereocenters. The molecule has 1 aliphatic carbocycles. The van der Waals surface area contributed by atoms with Crippen LogP contribution in [0.1, 0.15) is 24.1 Å². The number of rotatable bonds is 3. The third-order valence-corrected chi connectivity index (χ3v) is 6.14. The standard InChI is InChI=1S/C22H22N6O2/c1-27-18-8-9-28(12-16(18)21(29)30-27)22-24-17-5-3-2-4-15(17)20(26-22)25-19-10-14(11-23-19)13-6-7-13/h2-5,10,13H,6-9,11-12H2,1H3,(H,23,24,25,26). The Labute approximate surface area is 172 Å². The first-order valence-electron chi connectivity index (χ1n) is 10.4. The van der Waals surface area contributed by atoms with Crippen molar-refractivity contribution in [3.63, 3.8) is 0 Å². The van der Waals surface area contributed by atoms with Crippen LogP contribution in [0.5, 0.6) is 0 Å². The first-order chi connectivity index (χ1) is 14.7. The summed E-state index contributed by atoms with van der Waals surface area (Å²) >= 11 is 0. The van der Waals surface area contributed by atoms with Crippen molar-refractivity contribution in [2.45, 2.75) is 25.8 Å². The summed E-state index contributed by atoms with van der Waals surface area (Å²) in [5.74, 6) is 2.92. The minimum atomic E-state index is -0.283. The fourth-order valence-corrected chi connectivity index (χ4v) is 4.33. The molecule has 2 aliphatic heterocycles. The summed E-state index contributed by atoms with van der Waals surface area (Å²) in [6.07, 6.45) is 5.44. The molecule has 4 heterocycles. The molecule has 3 aliphatic rings. The number of aryl methyl sites for hydroxylation is 1. The minimum Gasteiger partial charge on any atom is -0.336 e. The highest BCUT2D eigenvalue weighted by Gasteiger charge is 2.29. The smallest absolute Gasteiger partial charge is 0.336 e. The Balaban J connectivity index is 1.36. The first kappa shape index (κ1) is 17.4. The van der Waals surface area contributed by atoms with Gasteiger partial charge in [0.05, 0.1) is 29.9 Å². The summed E-state index contributed by atoms with van der Waals surface area (Å²) in [5, 5.41) is 4.38. The second kappa shape index (κ2) is 6.55. The summed E-state index contributed by atoms with van der Waals surface area (Å²) in [6.45, 7) is 1.95. The van der Waals surface area contributed by atoms with Gasteiger partial charge >= 0.3 is 5.63 Å². The number of amidine groups is 1. The van der Waals surface area contributed by atoms with Crippen LogP contribution in [0.15, 0.2) is 50.2 Å². The number of hydrogen-bond acceptors (Lipinski definition) is 7. The Morgan fingerprint density at radius 2 is 2.07 bits per heavy atom. The number of anilines is 2. The molecule has 1 saturated carbocycles. The van der Waals surface area contributed by atoms with E-state index in [-0.39, 0.29) is 5.63 Å². The van der Waals surface area contributed by atoms with E-state index in [4.69, 9.17) is 14.5 Å². The number of aliphatic imine (C=N–C) groups is 1. The van der Waals surface area contributed by atoms with E-state index in [9.17, 15) is 4.79 Å². The van der Waals surface area contributed by atoms with Crippen molar-refractivity contribution in [2.24, 2.45) is 18.0 Å². The number of nitrogens with zero attached hydrogens (tertiary/aromatic N) is 5. The largest absolute Gasteiger partial charge is 0.362 e. The molecular formula is C22H22N6O2. The van der Waals surface area contributed by atoms with Crippen molar-refractivity contribution in [1.82, 2.24) is 14.7 Å². The average Bonchev–Trinajstić information content (AvgIpc) is 3.45. The number of hydrogen-bond donors (Lipinski definition) is 1. The van der Waals surface area contributed by atoms with Gasteiger partial charge in [0.1, 0.15) is 11.7 Å². The fraction of sp³-hybridized carbons (Fsp3) is 0.364. The van der Waals surface area contributed by atoms with Gasteiger partial charge in [-0.2, -0.15) is 4.98 Å². The van der Waals surface area contributed by atoms with E-state index < -0.39 is 0 Å². The zero-order valence-electron chi connectivity index (χ0n) is 16.8. The number of benzene rings is 1. The summed E-state index contributed by atoms with van der Waals surface area (Å²) < 4.78 is 6.80. The van der Waals surface area contributed by atoms with Gasteiger partial charge in [0.15, 0.2) is 0 Å². The van der Waals surface area contributed by atoms with E-state index >= 15 is 0 Å². The second-order valence-corrected chi connectivity index (χ2v) is 8.18. The maximum absolute atomic E-state index is 12.2. The van der Waals surface area contributed by atoms with Gasteiger partial charge in [0, 0.05) is 25.4 Å². The predicted octanol–water partition coefficient (Wildman–Crippen LogP) is 2.64. The summed E-state index contributed by atoms with van der Waals surface area (Å²) in [5.41, 5.74) is 3.63.